The van der Waals surface area contributed by atoms with Crippen LogP contribution in [-0.2, 0) is 13.1 Å². The lowest BCUT2D eigenvalue weighted by Gasteiger charge is -2.02. The normalized spacial score (nSPS) is 10.7. The highest BCUT2D eigenvalue weighted by Crippen LogP contribution is 2.19. The van der Waals surface area contributed by atoms with E-state index in [1.807, 2.05) is 29.1 Å². The first kappa shape index (κ1) is 17.0. The van der Waals surface area contributed by atoms with E-state index >= 15 is 0 Å². The number of carbonyl (C=O) groups excluding carboxylic acids is 1. The molecule has 4 rings (SSSR count). The van der Waals surface area contributed by atoms with Gasteiger partial charge in [0.05, 0.1) is 12.7 Å². The van der Waals surface area contributed by atoms with Crippen molar-refractivity contribution in [1.82, 2.24) is 30.0 Å². The van der Waals surface area contributed by atoms with Gasteiger partial charge in [-0.3, -0.25) is 9.48 Å². The molecule has 1 amide bonds. The molecule has 0 saturated heterocycles. The molecule has 1 N–H and O–H groups in total. The van der Waals surface area contributed by atoms with Crippen LogP contribution in [-0.4, -0.2) is 30.6 Å². The van der Waals surface area contributed by atoms with Gasteiger partial charge < -0.3 is 5.32 Å². The van der Waals surface area contributed by atoms with Crippen LogP contribution >= 0.6 is 11.3 Å². The maximum Gasteiger partial charge on any atom is 0.271 e. The molecule has 0 radical (unpaired) electrons. The molecule has 0 aliphatic rings. The van der Waals surface area contributed by atoms with Gasteiger partial charge in [0, 0.05) is 36.1 Å². The molecular weight excluding hydrogens is 360 g/mol. The van der Waals surface area contributed by atoms with Crippen molar-refractivity contribution in [1.29, 1.82) is 0 Å². The lowest BCUT2D eigenvalue weighted by Crippen LogP contribution is -2.22. The van der Waals surface area contributed by atoms with Gasteiger partial charge in [0.15, 0.2) is 10.8 Å². The summed E-state index contributed by atoms with van der Waals surface area (Å²) in [6.07, 6.45) is 6.98. The van der Waals surface area contributed by atoms with Gasteiger partial charge in [0.25, 0.3) is 5.91 Å². The lowest BCUT2D eigenvalue weighted by atomic mass is 10.2. The number of aromatic nitrogens is 5. The fourth-order valence-electron chi connectivity index (χ4n) is 2.52. The second-order valence-electron chi connectivity index (χ2n) is 5.82. The minimum absolute atomic E-state index is 0.232. The molecule has 3 heterocycles. The molecule has 1 aromatic carbocycles. The van der Waals surface area contributed by atoms with Gasteiger partial charge in [0.1, 0.15) is 5.69 Å². The number of benzene rings is 1. The Labute approximate surface area is 159 Å². The Morgan fingerprint density at radius 2 is 1.89 bits per heavy atom. The zero-order valence-electron chi connectivity index (χ0n) is 14.3. The molecule has 7 nitrogen and oxygen atoms in total. The quantitative estimate of drug-likeness (QED) is 0.559. The van der Waals surface area contributed by atoms with Crippen LogP contribution < -0.4 is 5.32 Å². The summed E-state index contributed by atoms with van der Waals surface area (Å²) in [5.74, 6) is 0.285. The van der Waals surface area contributed by atoms with E-state index < -0.39 is 0 Å². The minimum Gasteiger partial charge on any atom is -0.346 e. The molecule has 134 valence electrons. The number of nitrogens with zero attached hydrogens (tertiary/aromatic N) is 5. The number of thiazole rings is 1. The van der Waals surface area contributed by atoms with Crippen molar-refractivity contribution in [3.63, 3.8) is 0 Å². The molecule has 0 saturated carbocycles. The van der Waals surface area contributed by atoms with Gasteiger partial charge in [-0.05, 0) is 11.6 Å². The number of amides is 1. The molecule has 0 aliphatic heterocycles. The average molecular weight is 376 g/mol. The van der Waals surface area contributed by atoms with E-state index in [0.717, 1.165) is 5.56 Å². The second kappa shape index (κ2) is 7.88. The Hall–Kier alpha value is -3.39. The van der Waals surface area contributed by atoms with E-state index in [4.69, 9.17) is 0 Å². The molecule has 0 fully saturated rings. The van der Waals surface area contributed by atoms with Crippen molar-refractivity contribution in [2.75, 3.05) is 0 Å². The Morgan fingerprint density at radius 3 is 2.70 bits per heavy atom. The summed E-state index contributed by atoms with van der Waals surface area (Å²) in [6, 6.07) is 11.8. The number of hydrogen-bond acceptors (Lipinski definition) is 6. The van der Waals surface area contributed by atoms with E-state index in [1.165, 1.54) is 16.9 Å². The molecule has 0 atom stereocenters. The number of rotatable bonds is 6. The van der Waals surface area contributed by atoms with E-state index in [0.29, 0.717) is 29.6 Å². The number of hydrogen-bond donors (Lipinski definition) is 1. The molecular formula is C19H16N6OS. The van der Waals surface area contributed by atoms with Crippen LogP contribution in [0, 0.1) is 0 Å². The fraction of sp³-hybridized carbons (Fsp3) is 0.105. The maximum absolute atomic E-state index is 12.3. The maximum atomic E-state index is 12.3. The van der Waals surface area contributed by atoms with Crippen LogP contribution in [0.2, 0.25) is 0 Å². The molecule has 0 aliphatic carbocycles. The first-order chi connectivity index (χ1) is 13.3. The van der Waals surface area contributed by atoms with Gasteiger partial charge in [-0.25, -0.2) is 15.0 Å². The van der Waals surface area contributed by atoms with Crippen molar-refractivity contribution >= 4 is 17.2 Å². The standard InChI is InChI=1S/C19H16N6OS/c26-18(16-13-27-19(24-16)17-20-7-4-8-21-17)22-9-15-10-23-25(12-15)11-14-5-2-1-3-6-14/h1-8,10,12-13H,9,11H2,(H,22,26). The number of nitrogens with one attached hydrogen (secondary N) is 1. The summed E-state index contributed by atoms with van der Waals surface area (Å²) in [5.41, 5.74) is 2.47. The van der Waals surface area contributed by atoms with Crippen LogP contribution in [0.3, 0.4) is 0 Å². The van der Waals surface area contributed by atoms with Crippen molar-refractivity contribution < 1.29 is 4.79 Å². The van der Waals surface area contributed by atoms with Gasteiger partial charge in [0.2, 0.25) is 0 Å². The summed E-state index contributed by atoms with van der Waals surface area (Å²) >= 11 is 1.34. The molecule has 8 heteroatoms. The zero-order chi connectivity index (χ0) is 18.5. The van der Waals surface area contributed by atoms with E-state index in [-0.39, 0.29) is 5.91 Å². The van der Waals surface area contributed by atoms with Gasteiger partial charge in [-0.2, -0.15) is 5.10 Å². The first-order valence-electron chi connectivity index (χ1n) is 8.34. The largest absolute Gasteiger partial charge is 0.346 e. The molecule has 27 heavy (non-hydrogen) atoms. The Morgan fingerprint density at radius 1 is 1.07 bits per heavy atom. The van der Waals surface area contributed by atoms with Crippen LogP contribution in [0.15, 0.2) is 66.6 Å². The second-order valence-corrected chi connectivity index (χ2v) is 6.68. The van der Waals surface area contributed by atoms with Gasteiger partial charge in [-0.1, -0.05) is 30.3 Å². The SMILES string of the molecule is O=C(NCc1cnn(Cc2ccccc2)c1)c1csc(-c2ncccn2)n1. The van der Waals surface area contributed by atoms with E-state index in [2.05, 4.69) is 37.5 Å². The smallest absolute Gasteiger partial charge is 0.271 e. The lowest BCUT2D eigenvalue weighted by molar-refractivity contribution is 0.0946. The predicted molar refractivity (Wildman–Crippen MR) is 102 cm³/mol. The average Bonchev–Trinajstić information content (AvgIpc) is 3.37. The summed E-state index contributed by atoms with van der Waals surface area (Å²) in [7, 11) is 0. The third-order valence-electron chi connectivity index (χ3n) is 3.82. The molecule has 0 spiro atoms. The highest BCUT2D eigenvalue weighted by atomic mass is 32.1. The van der Waals surface area contributed by atoms with Crippen molar-refractivity contribution in [2.24, 2.45) is 0 Å². The summed E-state index contributed by atoms with van der Waals surface area (Å²) in [5, 5.41) is 9.54. The Kier molecular flexibility index (Phi) is 4.97. The van der Waals surface area contributed by atoms with E-state index in [1.54, 1.807) is 30.0 Å². The molecule has 4 aromatic rings. The van der Waals surface area contributed by atoms with Gasteiger partial charge in [-0.15, -0.1) is 11.3 Å². The highest BCUT2D eigenvalue weighted by Gasteiger charge is 2.13. The third kappa shape index (κ3) is 4.24. The van der Waals surface area contributed by atoms with Crippen molar-refractivity contribution in [2.45, 2.75) is 13.1 Å². The molecule has 0 unspecified atom stereocenters. The Bertz CT molecular complexity index is 1030. The predicted octanol–water partition coefficient (Wildman–Crippen LogP) is 2.77. The fourth-order valence-corrected chi connectivity index (χ4v) is 3.26. The van der Waals surface area contributed by atoms with Crippen molar-refractivity contribution in [3.05, 3.63) is 83.4 Å². The van der Waals surface area contributed by atoms with Crippen LogP contribution in [0.5, 0.6) is 0 Å². The first-order valence-corrected chi connectivity index (χ1v) is 9.22. The summed E-state index contributed by atoms with van der Waals surface area (Å²) in [4.78, 5) is 24.9. The summed E-state index contributed by atoms with van der Waals surface area (Å²) < 4.78 is 1.85. The van der Waals surface area contributed by atoms with E-state index in [9.17, 15) is 4.79 Å². The third-order valence-corrected chi connectivity index (χ3v) is 4.66. The van der Waals surface area contributed by atoms with Crippen LogP contribution in [0.25, 0.3) is 10.8 Å². The monoisotopic (exact) mass is 376 g/mol. The highest BCUT2D eigenvalue weighted by molar-refractivity contribution is 7.13. The van der Waals surface area contributed by atoms with Crippen LogP contribution in [0.4, 0.5) is 0 Å². The topological polar surface area (TPSA) is 85.6 Å². The molecule has 3 aromatic heterocycles. The van der Waals surface area contributed by atoms with Gasteiger partial charge >= 0.3 is 0 Å². The molecule has 0 bridgehead atoms. The summed E-state index contributed by atoms with van der Waals surface area (Å²) in [6.45, 7) is 1.09. The Balaban J connectivity index is 1.35. The van der Waals surface area contributed by atoms with Crippen LogP contribution in [0.1, 0.15) is 21.6 Å². The zero-order valence-corrected chi connectivity index (χ0v) is 15.1. The van der Waals surface area contributed by atoms with Crippen molar-refractivity contribution in [3.8, 4) is 10.8 Å². The minimum atomic E-state index is -0.232. The number of carbonyl (C=O) groups is 1.